The maximum atomic E-state index is 11.0. The topological polar surface area (TPSA) is 42.2 Å². The third kappa shape index (κ3) is 1.66. The lowest BCUT2D eigenvalue weighted by molar-refractivity contribution is 0.0697. The van der Waals surface area contributed by atoms with Crippen LogP contribution in [0.25, 0.3) is 16.6 Å². The molecule has 0 fully saturated rings. The van der Waals surface area contributed by atoms with Crippen molar-refractivity contribution in [2.75, 3.05) is 0 Å². The first kappa shape index (κ1) is 10.6. The van der Waals surface area contributed by atoms with Crippen LogP contribution in [-0.2, 0) is 0 Å². The van der Waals surface area contributed by atoms with E-state index in [1.165, 1.54) is 0 Å². The van der Waals surface area contributed by atoms with Gasteiger partial charge in [0.2, 0.25) is 0 Å². The molecule has 3 nitrogen and oxygen atoms in total. The van der Waals surface area contributed by atoms with Crippen molar-refractivity contribution < 1.29 is 9.90 Å². The average Bonchev–Trinajstić information content (AvgIpc) is 2.82. The minimum Gasteiger partial charge on any atom is -0.478 e. The molecule has 3 aromatic rings. The summed E-state index contributed by atoms with van der Waals surface area (Å²) in [5.74, 6) is -0.909. The molecule has 0 saturated carbocycles. The Morgan fingerprint density at radius 3 is 2.67 bits per heavy atom. The molecule has 0 aliphatic heterocycles. The molecule has 0 amide bonds. The molecule has 1 heterocycles. The molecule has 1 aromatic heterocycles. The summed E-state index contributed by atoms with van der Waals surface area (Å²) in [6, 6.07) is 17.0. The Bertz CT molecular complexity index is 728. The Kier molecular flexibility index (Phi) is 2.38. The maximum Gasteiger partial charge on any atom is 0.335 e. The van der Waals surface area contributed by atoms with Crippen molar-refractivity contribution in [1.82, 2.24) is 4.57 Å². The predicted octanol–water partition coefficient (Wildman–Crippen LogP) is 3.33. The van der Waals surface area contributed by atoms with Crippen LogP contribution in [0.15, 0.2) is 60.8 Å². The van der Waals surface area contributed by atoms with Crippen molar-refractivity contribution in [3.8, 4) is 5.69 Å². The average molecular weight is 237 g/mol. The molecule has 2 aromatic carbocycles. The van der Waals surface area contributed by atoms with Crippen molar-refractivity contribution >= 4 is 16.9 Å². The first-order chi connectivity index (χ1) is 8.75. The number of para-hydroxylation sites is 1. The first-order valence-corrected chi connectivity index (χ1v) is 5.65. The van der Waals surface area contributed by atoms with Gasteiger partial charge in [0.25, 0.3) is 0 Å². The molecule has 0 aliphatic rings. The van der Waals surface area contributed by atoms with Crippen molar-refractivity contribution in [3.05, 3.63) is 66.4 Å². The van der Waals surface area contributed by atoms with E-state index >= 15 is 0 Å². The van der Waals surface area contributed by atoms with Crippen LogP contribution in [0.4, 0.5) is 0 Å². The van der Waals surface area contributed by atoms with E-state index in [2.05, 4.69) is 0 Å². The molecule has 0 saturated heterocycles. The number of hydrogen-bond donors (Lipinski definition) is 1. The van der Waals surface area contributed by atoms with Crippen LogP contribution in [0.3, 0.4) is 0 Å². The molecule has 3 rings (SSSR count). The van der Waals surface area contributed by atoms with E-state index in [1.54, 1.807) is 18.2 Å². The number of hydrogen-bond acceptors (Lipinski definition) is 1. The SMILES string of the molecule is O=C(O)c1cccc(-n2ccc3ccccc32)c1. The fraction of sp³-hybridized carbons (Fsp3) is 0. The minimum absolute atomic E-state index is 0.297. The smallest absolute Gasteiger partial charge is 0.335 e. The molecular weight excluding hydrogens is 226 g/mol. The molecule has 0 bridgehead atoms. The van der Waals surface area contributed by atoms with Crippen LogP contribution in [0, 0.1) is 0 Å². The summed E-state index contributed by atoms with van der Waals surface area (Å²) in [7, 11) is 0. The number of benzene rings is 2. The number of aromatic carboxylic acids is 1. The highest BCUT2D eigenvalue weighted by atomic mass is 16.4. The van der Waals surface area contributed by atoms with E-state index in [4.69, 9.17) is 5.11 Å². The molecule has 1 N–H and O–H groups in total. The quantitative estimate of drug-likeness (QED) is 0.742. The summed E-state index contributed by atoms with van der Waals surface area (Å²) in [5.41, 5.74) is 2.22. The fourth-order valence-corrected chi connectivity index (χ4v) is 2.10. The van der Waals surface area contributed by atoms with Gasteiger partial charge in [-0.2, -0.15) is 0 Å². The monoisotopic (exact) mass is 237 g/mol. The molecule has 88 valence electrons. The van der Waals surface area contributed by atoms with E-state index in [1.807, 2.05) is 47.2 Å². The van der Waals surface area contributed by atoms with E-state index < -0.39 is 5.97 Å². The highest BCUT2D eigenvalue weighted by Gasteiger charge is 2.06. The molecule has 0 atom stereocenters. The van der Waals surface area contributed by atoms with E-state index in [9.17, 15) is 4.79 Å². The zero-order valence-electron chi connectivity index (χ0n) is 9.58. The van der Waals surface area contributed by atoms with Crippen LogP contribution in [0.5, 0.6) is 0 Å². The molecule has 0 spiro atoms. The molecule has 0 radical (unpaired) electrons. The summed E-state index contributed by atoms with van der Waals surface area (Å²) >= 11 is 0. The zero-order chi connectivity index (χ0) is 12.5. The van der Waals surface area contributed by atoms with Crippen molar-refractivity contribution in [2.45, 2.75) is 0 Å². The van der Waals surface area contributed by atoms with Gasteiger partial charge in [0, 0.05) is 11.9 Å². The van der Waals surface area contributed by atoms with Crippen LogP contribution in [-0.4, -0.2) is 15.6 Å². The third-order valence-corrected chi connectivity index (χ3v) is 2.97. The second kappa shape index (κ2) is 4.04. The van der Waals surface area contributed by atoms with Gasteiger partial charge in [-0.1, -0.05) is 24.3 Å². The van der Waals surface area contributed by atoms with Crippen LogP contribution in [0.1, 0.15) is 10.4 Å². The Morgan fingerprint density at radius 2 is 1.83 bits per heavy atom. The standard InChI is InChI=1S/C15H11NO2/c17-15(18)12-5-3-6-13(10-12)16-9-8-11-4-1-2-7-14(11)16/h1-10H,(H,17,18). The lowest BCUT2D eigenvalue weighted by atomic mass is 10.2. The van der Waals surface area contributed by atoms with Crippen LogP contribution >= 0.6 is 0 Å². The van der Waals surface area contributed by atoms with Gasteiger partial charge in [-0.25, -0.2) is 4.79 Å². The number of nitrogens with zero attached hydrogens (tertiary/aromatic N) is 1. The molecule has 3 heteroatoms. The fourth-order valence-electron chi connectivity index (χ4n) is 2.10. The summed E-state index contributed by atoms with van der Waals surface area (Å²) < 4.78 is 1.99. The lowest BCUT2D eigenvalue weighted by Gasteiger charge is -2.06. The predicted molar refractivity (Wildman–Crippen MR) is 70.2 cm³/mol. The normalized spacial score (nSPS) is 10.7. The van der Waals surface area contributed by atoms with Crippen molar-refractivity contribution in [3.63, 3.8) is 0 Å². The lowest BCUT2D eigenvalue weighted by Crippen LogP contribution is -1.98. The largest absolute Gasteiger partial charge is 0.478 e. The van der Waals surface area contributed by atoms with Gasteiger partial charge in [-0.15, -0.1) is 0 Å². The van der Waals surface area contributed by atoms with E-state index in [-0.39, 0.29) is 0 Å². The second-order valence-corrected chi connectivity index (χ2v) is 4.10. The number of rotatable bonds is 2. The first-order valence-electron chi connectivity index (χ1n) is 5.65. The Morgan fingerprint density at radius 1 is 1.00 bits per heavy atom. The van der Waals surface area contributed by atoms with Gasteiger partial charge in [0.05, 0.1) is 11.1 Å². The van der Waals surface area contributed by atoms with Gasteiger partial charge in [-0.3, -0.25) is 0 Å². The van der Waals surface area contributed by atoms with Gasteiger partial charge >= 0.3 is 5.97 Å². The Balaban J connectivity index is 2.20. The van der Waals surface area contributed by atoms with Crippen LogP contribution in [0.2, 0.25) is 0 Å². The number of fused-ring (bicyclic) bond motifs is 1. The number of aromatic nitrogens is 1. The summed E-state index contributed by atoms with van der Waals surface area (Å²) in [6.07, 6.45) is 1.95. The van der Waals surface area contributed by atoms with Gasteiger partial charge in [0.1, 0.15) is 0 Å². The molecule has 0 unspecified atom stereocenters. The van der Waals surface area contributed by atoms with E-state index in [0.29, 0.717) is 5.56 Å². The summed E-state index contributed by atoms with van der Waals surface area (Å²) in [5, 5.41) is 10.1. The van der Waals surface area contributed by atoms with Gasteiger partial charge in [0.15, 0.2) is 0 Å². The Labute approximate surface area is 104 Å². The zero-order valence-corrected chi connectivity index (χ0v) is 9.58. The summed E-state index contributed by atoms with van der Waals surface area (Å²) in [4.78, 5) is 11.0. The Hall–Kier alpha value is -2.55. The summed E-state index contributed by atoms with van der Waals surface area (Å²) in [6.45, 7) is 0. The van der Waals surface area contributed by atoms with Gasteiger partial charge < -0.3 is 9.67 Å². The number of carbonyl (C=O) groups is 1. The number of carboxylic acids is 1. The molecule has 0 aliphatic carbocycles. The maximum absolute atomic E-state index is 11.0. The van der Waals surface area contributed by atoms with Crippen molar-refractivity contribution in [1.29, 1.82) is 0 Å². The van der Waals surface area contributed by atoms with Gasteiger partial charge in [-0.05, 0) is 35.7 Å². The minimum atomic E-state index is -0.909. The molecular formula is C15H11NO2. The number of carboxylic acid groups (broad SMARTS) is 1. The highest BCUT2D eigenvalue weighted by Crippen LogP contribution is 2.20. The second-order valence-electron chi connectivity index (χ2n) is 4.10. The van der Waals surface area contributed by atoms with Crippen LogP contribution < -0.4 is 0 Å². The highest BCUT2D eigenvalue weighted by molar-refractivity contribution is 5.89. The third-order valence-electron chi connectivity index (χ3n) is 2.97. The molecule has 18 heavy (non-hydrogen) atoms. The van der Waals surface area contributed by atoms with Crippen molar-refractivity contribution in [2.24, 2.45) is 0 Å². The van der Waals surface area contributed by atoms with E-state index in [0.717, 1.165) is 16.6 Å².